The molecule has 0 aromatic rings. The third-order valence-electron chi connectivity index (χ3n) is 2.36. The fourth-order valence-electron chi connectivity index (χ4n) is 1.55. The SMILES string of the molecule is CCC1NCC(=O)N1CCC(=O)OC. The average molecular weight is 200 g/mol. The van der Waals surface area contributed by atoms with Crippen molar-refractivity contribution in [3.8, 4) is 0 Å². The van der Waals surface area contributed by atoms with Gasteiger partial charge in [-0.1, -0.05) is 6.92 Å². The molecule has 0 saturated carbocycles. The molecule has 1 atom stereocenters. The second-order valence-electron chi connectivity index (χ2n) is 3.22. The van der Waals surface area contributed by atoms with Crippen LogP contribution in [0.5, 0.6) is 0 Å². The van der Waals surface area contributed by atoms with Crippen molar-refractivity contribution in [1.29, 1.82) is 0 Å². The standard InChI is InChI=1S/C9H16N2O3/c1-3-7-10-6-8(12)11(7)5-4-9(13)14-2/h7,10H,3-6H2,1-2H3. The quantitative estimate of drug-likeness (QED) is 0.634. The lowest BCUT2D eigenvalue weighted by Crippen LogP contribution is -2.38. The van der Waals surface area contributed by atoms with Gasteiger partial charge in [-0.25, -0.2) is 0 Å². The molecular weight excluding hydrogens is 184 g/mol. The average Bonchev–Trinajstić information content (AvgIpc) is 2.55. The molecule has 0 aromatic heterocycles. The predicted octanol–water partition coefficient (Wildman–Crippen LogP) is -0.283. The second-order valence-corrected chi connectivity index (χ2v) is 3.22. The van der Waals surface area contributed by atoms with Crippen LogP contribution in [0.25, 0.3) is 0 Å². The van der Waals surface area contributed by atoms with Crippen LogP contribution >= 0.6 is 0 Å². The third-order valence-corrected chi connectivity index (χ3v) is 2.36. The van der Waals surface area contributed by atoms with E-state index in [1.807, 2.05) is 6.92 Å². The molecule has 5 heteroatoms. The predicted molar refractivity (Wildman–Crippen MR) is 50.4 cm³/mol. The lowest BCUT2D eigenvalue weighted by atomic mass is 10.3. The molecule has 1 heterocycles. The Morgan fingerprint density at radius 2 is 2.43 bits per heavy atom. The van der Waals surface area contributed by atoms with Gasteiger partial charge in [0.15, 0.2) is 0 Å². The van der Waals surface area contributed by atoms with Gasteiger partial charge in [-0.05, 0) is 6.42 Å². The molecule has 1 N–H and O–H groups in total. The van der Waals surface area contributed by atoms with Crippen LogP contribution in [-0.2, 0) is 14.3 Å². The first-order valence-electron chi connectivity index (χ1n) is 4.78. The Morgan fingerprint density at radius 1 is 1.71 bits per heavy atom. The van der Waals surface area contributed by atoms with Gasteiger partial charge in [-0.3, -0.25) is 14.9 Å². The van der Waals surface area contributed by atoms with Gasteiger partial charge in [-0.2, -0.15) is 0 Å². The van der Waals surface area contributed by atoms with E-state index in [0.29, 0.717) is 13.1 Å². The summed E-state index contributed by atoms with van der Waals surface area (Å²) in [6.07, 6.45) is 1.19. The van der Waals surface area contributed by atoms with Gasteiger partial charge in [0.2, 0.25) is 5.91 Å². The van der Waals surface area contributed by atoms with Crippen molar-refractivity contribution in [3.63, 3.8) is 0 Å². The summed E-state index contributed by atoms with van der Waals surface area (Å²) in [6, 6.07) is 0. The van der Waals surface area contributed by atoms with E-state index in [9.17, 15) is 9.59 Å². The first kappa shape index (κ1) is 11.0. The van der Waals surface area contributed by atoms with E-state index in [1.165, 1.54) is 7.11 Å². The molecule has 14 heavy (non-hydrogen) atoms. The van der Waals surface area contributed by atoms with Crippen LogP contribution in [0.4, 0.5) is 0 Å². The van der Waals surface area contributed by atoms with Crippen LogP contribution in [0.3, 0.4) is 0 Å². The number of esters is 1. The van der Waals surface area contributed by atoms with Crippen molar-refractivity contribution in [2.45, 2.75) is 25.9 Å². The molecule has 1 rings (SSSR count). The molecule has 0 aromatic carbocycles. The maximum atomic E-state index is 11.4. The van der Waals surface area contributed by atoms with E-state index in [0.717, 1.165) is 6.42 Å². The molecule has 1 amide bonds. The zero-order chi connectivity index (χ0) is 10.6. The summed E-state index contributed by atoms with van der Waals surface area (Å²) in [5.41, 5.74) is 0. The number of amides is 1. The van der Waals surface area contributed by atoms with Gasteiger partial charge < -0.3 is 9.64 Å². The molecule has 0 spiro atoms. The van der Waals surface area contributed by atoms with Crippen molar-refractivity contribution in [1.82, 2.24) is 10.2 Å². The van der Waals surface area contributed by atoms with Crippen LogP contribution in [0.2, 0.25) is 0 Å². The maximum Gasteiger partial charge on any atom is 0.307 e. The van der Waals surface area contributed by atoms with Gasteiger partial charge in [0, 0.05) is 6.54 Å². The number of nitrogens with zero attached hydrogens (tertiary/aromatic N) is 1. The summed E-state index contributed by atoms with van der Waals surface area (Å²) < 4.78 is 4.52. The number of nitrogens with one attached hydrogen (secondary N) is 1. The van der Waals surface area contributed by atoms with Crippen molar-refractivity contribution in [2.75, 3.05) is 20.2 Å². The molecule has 5 nitrogen and oxygen atoms in total. The number of ether oxygens (including phenoxy) is 1. The molecule has 0 radical (unpaired) electrons. The Bertz CT molecular complexity index is 230. The zero-order valence-corrected chi connectivity index (χ0v) is 8.58. The van der Waals surface area contributed by atoms with E-state index < -0.39 is 0 Å². The van der Waals surface area contributed by atoms with Gasteiger partial charge in [-0.15, -0.1) is 0 Å². The first-order chi connectivity index (χ1) is 6.69. The van der Waals surface area contributed by atoms with E-state index >= 15 is 0 Å². The fourth-order valence-corrected chi connectivity index (χ4v) is 1.55. The lowest BCUT2D eigenvalue weighted by molar-refractivity contribution is -0.141. The number of hydrogen-bond acceptors (Lipinski definition) is 4. The van der Waals surface area contributed by atoms with Crippen molar-refractivity contribution < 1.29 is 14.3 Å². The van der Waals surface area contributed by atoms with Crippen molar-refractivity contribution in [2.24, 2.45) is 0 Å². The van der Waals surface area contributed by atoms with Gasteiger partial charge in [0.1, 0.15) is 0 Å². The van der Waals surface area contributed by atoms with Crippen LogP contribution in [-0.4, -0.2) is 43.1 Å². The summed E-state index contributed by atoms with van der Waals surface area (Å²) in [4.78, 5) is 23.9. The highest BCUT2D eigenvalue weighted by molar-refractivity contribution is 5.81. The number of methoxy groups -OCH3 is 1. The first-order valence-corrected chi connectivity index (χ1v) is 4.78. The van der Waals surface area contributed by atoms with Gasteiger partial charge in [0.25, 0.3) is 0 Å². The minimum absolute atomic E-state index is 0.0563. The monoisotopic (exact) mass is 200 g/mol. The largest absolute Gasteiger partial charge is 0.469 e. The van der Waals surface area contributed by atoms with Gasteiger partial charge in [0.05, 0.1) is 26.2 Å². The van der Waals surface area contributed by atoms with E-state index in [2.05, 4.69) is 10.1 Å². The molecule has 0 bridgehead atoms. The number of rotatable bonds is 4. The summed E-state index contributed by atoms with van der Waals surface area (Å²) in [5.74, 6) is -0.222. The van der Waals surface area contributed by atoms with E-state index in [1.54, 1.807) is 4.90 Å². The summed E-state index contributed by atoms with van der Waals surface area (Å²) in [7, 11) is 1.35. The van der Waals surface area contributed by atoms with Crippen LogP contribution in [0.1, 0.15) is 19.8 Å². The molecule has 80 valence electrons. The van der Waals surface area contributed by atoms with E-state index in [4.69, 9.17) is 0 Å². The Kier molecular flexibility index (Phi) is 3.88. The molecule has 1 aliphatic rings. The highest BCUT2D eigenvalue weighted by atomic mass is 16.5. The minimum atomic E-state index is -0.278. The Hall–Kier alpha value is -1.10. The zero-order valence-electron chi connectivity index (χ0n) is 8.58. The lowest BCUT2D eigenvalue weighted by Gasteiger charge is -2.22. The number of hydrogen-bond donors (Lipinski definition) is 1. The normalized spacial score (nSPS) is 21.4. The van der Waals surface area contributed by atoms with Crippen LogP contribution in [0.15, 0.2) is 0 Å². The summed E-state index contributed by atoms with van der Waals surface area (Å²) >= 11 is 0. The maximum absolute atomic E-state index is 11.4. The number of carbonyl (C=O) groups excluding carboxylic acids is 2. The Balaban J connectivity index is 2.41. The third kappa shape index (κ3) is 2.45. The summed E-state index contributed by atoms with van der Waals surface area (Å²) in [5, 5.41) is 3.07. The van der Waals surface area contributed by atoms with Crippen LogP contribution in [0, 0.1) is 0 Å². The summed E-state index contributed by atoms with van der Waals surface area (Å²) in [6.45, 7) is 2.82. The second kappa shape index (κ2) is 4.95. The molecule has 1 fully saturated rings. The fraction of sp³-hybridized carbons (Fsp3) is 0.778. The van der Waals surface area contributed by atoms with Crippen molar-refractivity contribution in [3.05, 3.63) is 0 Å². The highest BCUT2D eigenvalue weighted by Crippen LogP contribution is 2.08. The smallest absolute Gasteiger partial charge is 0.307 e. The van der Waals surface area contributed by atoms with Crippen LogP contribution < -0.4 is 5.32 Å². The minimum Gasteiger partial charge on any atom is -0.469 e. The number of carbonyl (C=O) groups is 2. The molecule has 0 aliphatic carbocycles. The van der Waals surface area contributed by atoms with Gasteiger partial charge >= 0.3 is 5.97 Å². The molecular formula is C9H16N2O3. The highest BCUT2D eigenvalue weighted by Gasteiger charge is 2.28. The molecule has 1 unspecified atom stereocenters. The molecule has 1 saturated heterocycles. The Morgan fingerprint density at radius 3 is 3.00 bits per heavy atom. The van der Waals surface area contributed by atoms with Crippen molar-refractivity contribution >= 4 is 11.9 Å². The topological polar surface area (TPSA) is 58.6 Å². The van der Waals surface area contributed by atoms with E-state index in [-0.39, 0.29) is 24.5 Å². The Labute approximate surface area is 83.4 Å². The molecule has 1 aliphatic heterocycles.